The summed E-state index contributed by atoms with van der Waals surface area (Å²) in [7, 11) is 2.18. The van der Waals surface area contributed by atoms with Crippen molar-refractivity contribution in [2.24, 2.45) is 5.92 Å². The number of rotatable bonds is 5. The second-order valence-corrected chi connectivity index (χ2v) is 5.57. The maximum absolute atomic E-state index is 11.8. The van der Waals surface area contributed by atoms with Crippen LogP contribution in [0.15, 0.2) is 24.3 Å². The van der Waals surface area contributed by atoms with Crippen molar-refractivity contribution >= 4 is 11.6 Å². The topological polar surface area (TPSA) is 44.4 Å². The molecule has 0 bridgehead atoms. The molecular weight excluding hydrogens is 250 g/mol. The summed E-state index contributed by atoms with van der Waals surface area (Å²) in [6.07, 6.45) is 2.50. The molecule has 2 N–H and O–H groups in total. The molecule has 1 aromatic carbocycles. The van der Waals surface area contributed by atoms with Crippen LogP contribution in [0, 0.1) is 5.92 Å². The number of hydrogen-bond donors (Lipinski definition) is 2. The van der Waals surface area contributed by atoms with Crippen molar-refractivity contribution in [3.8, 4) is 0 Å². The summed E-state index contributed by atoms with van der Waals surface area (Å²) in [4.78, 5) is 14.2. The number of nitrogens with zero attached hydrogens (tertiary/aromatic N) is 1. The van der Waals surface area contributed by atoms with Gasteiger partial charge in [-0.05, 0) is 64.0 Å². The quantitative estimate of drug-likeness (QED) is 0.866. The van der Waals surface area contributed by atoms with Crippen molar-refractivity contribution in [2.75, 3.05) is 38.5 Å². The highest BCUT2D eigenvalue weighted by molar-refractivity contribution is 5.95. The minimum absolute atomic E-state index is 0.00422. The van der Waals surface area contributed by atoms with Gasteiger partial charge in [-0.1, -0.05) is 6.07 Å². The molecule has 1 amide bonds. The Balaban J connectivity index is 1.86. The summed E-state index contributed by atoms with van der Waals surface area (Å²) in [5.74, 6) is 0.731. The fourth-order valence-electron chi connectivity index (χ4n) is 2.56. The highest BCUT2D eigenvalue weighted by Gasteiger charge is 2.16. The van der Waals surface area contributed by atoms with Crippen LogP contribution >= 0.6 is 0 Å². The van der Waals surface area contributed by atoms with E-state index in [0.717, 1.165) is 23.7 Å². The van der Waals surface area contributed by atoms with Gasteiger partial charge in [0.15, 0.2) is 0 Å². The summed E-state index contributed by atoms with van der Waals surface area (Å²) in [6, 6.07) is 7.74. The summed E-state index contributed by atoms with van der Waals surface area (Å²) in [6.45, 7) is 5.95. The summed E-state index contributed by atoms with van der Waals surface area (Å²) < 4.78 is 0. The van der Waals surface area contributed by atoms with Gasteiger partial charge < -0.3 is 15.5 Å². The number of amides is 1. The maximum Gasteiger partial charge on any atom is 0.251 e. The molecule has 20 heavy (non-hydrogen) atoms. The van der Waals surface area contributed by atoms with E-state index < -0.39 is 0 Å². The Morgan fingerprint density at radius 2 is 2.10 bits per heavy atom. The number of carbonyl (C=O) groups is 1. The van der Waals surface area contributed by atoms with Gasteiger partial charge >= 0.3 is 0 Å². The van der Waals surface area contributed by atoms with Gasteiger partial charge in [0.05, 0.1) is 0 Å². The Labute approximate surface area is 121 Å². The normalized spacial score (nSPS) is 16.9. The van der Waals surface area contributed by atoms with Crippen LogP contribution in [0.2, 0.25) is 0 Å². The average Bonchev–Trinajstić information content (AvgIpc) is 2.47. The minimum Gasteiger partial charge on any atom is -0.385 e. The summed E-state index contributed by atoms with van der Waals surface area (Å²) in [5.41, 5.74) is 1.76. The maximum atomic E-state index is 11.8. The average molecular weight is 275 g/mol. The number of carbonyl (C=O) groups excluding carboxylic acids is 1. The Hall–Kier alpha value is -1.55. The van der Waals surface area contributed by atoms with E-state index in [1.54, 1.807) is 0 Å². The molecule has 2 rings (SSSR count). The zero-order chi connectivity index (χ0) is 14.4. The van der Waals surface area contributed by atoms with E-state index in [1.165, 1.54) is 25.9 Å². The second-order valence-electron chi connectivity index (χ2n) is 5.57. The Bertz CT molecular complexity index is 439. The highest BCUT2D eigenvalue weighted by atomic mass is 16.1. The molecule has 1 aromatic rings. The van der Waals surface area contributed by atoms with E-state index in [9.17, 15) is 4.79 Å². The molecule has 0 spiro atoms. The van der Waals surface area contributed by atoms with Gasteiger partial charge in [-0.2, -0.15) is 0 Å². The molecule has 0 aliphatic carbocycles. The summed E-state index contributed by atoms with van der Waals surface area (Å²) >= 11 is 0. The molecule has 1 aliphatic rings. The lowest BCUT2D eigenvalue weighted by atomic mass is 9.97. The largest absolute Gasteiger partial charge is 0.385 e. The van der Waals surface area contributed by atoms with Gasteiger partial charge in [-0.3, -0.25) is 4.79 Å². The molecule has 1 aliphatic heterocycles. The van der Waals surface area contributed by atoms with Crippen molar-refractivity contribution in [1.82, 2.24) is 10.2 Å². The third kappa shape index (κ3) is 4.23. The van der Waals surface area contributed by atoms with Crippen LogP contribution in [0.5, 0.6) is 0 Å². The monoisotopic (exact) mass is 275 g/mol. The first-order valence-corrected chi connectivity index (χ1v) is 7.49. The third-order valence-corrected chi connectivity index (χ3v) is 3.90. The van der Waals surface area contributed by atoms with Crippen molar-refractivity contribution in [1.29, 1.82) is 0 Å². The molecule has 4 heteroatoms. The fraction of sp³-hybridized carbons (Fsp3) is 0.562. The SMILES string of the molecule is CCNC(=O)c1cccc(NCC2CCN(C)CC2)c1. The van der Waals surface area contributed by atoms with E-state index in [4.69, 9.17) is 0 Å². The Morgan fingerprint density at radius 3 is 2.80 bits per heavy atom. The first-order valence-electron chi connectivity index (χ1n) is 7.49. The van der Waals surface area contributed by atoms with Gasteiger partial charge in [0, 0.05) is 24.3 Å². The molecule has 0 unspecified atom stereocenters. The zero-order valence-electron chi connectivity index (χ0n) is 12.5. The minimum atomic E-state index is -0.00422. The number of piperidine rings is 1. The van der Waals surface area contributed by atoms with Gasteiger partial charge in [-0.25, -0.2) is 0 Å². The van der Waals surface area contributed by atoms with Crippen LogP contribution < -0.4 is 10.6 Å². The van der Waals surface area contributed by atoms with E-state index in [1.807, 2.05) is 31.2 Å². The van der Waals surface area contributed by atoms with Crippen LogP contribution in [0.1, 0.15) is 30.1 Å². The second kappa shape index (κ2) is 7.29. The van der Waals surface area contributed by atoms with Gasteiger partial charge in [0.1, 0.15) is 0 Å². The standard InChI is InChI=1S/C16H25N3O/c1-3-17-16(20)14-5-4-6-15(11-14)18-12-13-7-9-19(2)10-8-13/h4-6,11,13,18H,3,7-10,12H2,1-2H3,(H,17,20). The first kappa shape index (κ1) is 14.9. The lowest BCUT2D eigenvalue weighted by Crippen LogP contribution is -2.33. The van der Waals surface area contributed by atoms with Crippen molar-refractivity contribution in [3.05, 3.63) is 29.8 Å². The van der Waals surface area contributed by atoms with Crippen molar-refractivity contribution in [3.63, 3.8) is 0 Å². The smallest absolute Gasteiger partial charge is 0.251 e. The molecule has 4 nitrogen and oxygen atoms in total. The summed E-state index contributed by atoms with van der Waals surface area (Å²) in [5, 5.41) is 6.30. The molecule has 0 radical (unpaired) electrons. The van der Waals surface area contributed by atoms with Gasteiger partial charge in [-0.15, -0.1) is 0 Å². The van der Waals surface area contributed by atoms with Crippen LogP contribution in [0.4, 0.5) is 5.69 Å². The van der Waals surface area contributed by atoms with Gasteiger partial charge in [0.25, 0.3) is 5.91 Å². The van der Waals surface area contributed by atoms with Crippen LogP contribution in [-0.4, -0.2) is 44.0 Å². The van der Waals surface area contributed by atoms with Gasteiger partial charge in [0.2, 0.25) is 0 Å². The number of anilines is 1. The van der Waals surface area contributed by atoms with E-state index in [0.29, 0.717) is 6.54 Å². The molecule has 110 valence electrons. The molecule has 0 aromatic heterocycles. The Kier molecular flexibility index (Phi) is 5.41. The molecule has 1 saturated heterocycles. The van der Waals surface area contributed by atoms with Crippen LogP contribution in [-0.2, 0) is 0 Å². The van der Waals surface area contributed by atoms with E-state index in [2.05, 4.69) is 22.6 Å². The fourth-order valence-corrected chi connectivity index (χ4v) is 2.56. The molecule has 1 heterocycles. The van der Waals surface area contributed by atoms with E-state index in [-0.39, 0.29) is 5.91 Å². The molecule has 0 atom stereocenters. The number of hydrogen-bond acceptors (Lipinski definition) is 3. The lowest BCUT2D eigenvalue weighted by Gasteiger charge is -2.29. The molecular formula is C16H25N3O. The lowest BCUT2D eigenvalue weighted by molar-refractivity contribution is 0.0956. The van der Waals surface area contributed by atoms with Crippen molar-refractivity contribution < 1.29 is 4.79 Å². The Morgan fingerprint density at radius 1 is 1.35 bits per heavy atom. The number of benzene rings is 1. The first-order chi connectivity index (χ1) is 9.69. The number of likely N-dealkylation sites (tertiary alicyclic amines) is 1. The van der Waals surface area contributed by atoms with Crippen LogP contribution in [0.3, 0.4) is 0 Å². The molecule has 0 saturated carbocycles. The predicted octanol–water partition coefficient (Wildman–Crippen LogP) is 2.19. The van der Waals surface area contributed by atoms with E-state index >= 15 is 0 Å². The number of nitrogens with one attached hydrogen (secondary N) is 2. The zero-order valence-corrected chi connectivity index (χ0v) is 12.5. The molecule has 1 fully saturated rings. The third-order valence-electron chi connectivity index (χ3n) is 3.90. The van der Waals surface area contributed by atoms with Crippen molar-refractivity contribution in [2.45, 2.75) is 19.8 Å². The predicted molar refractivity (Wildman–Crippen MR) is 83.2 cm³/mol. The van der Waals surface area contributed by atoms with Crippen LogP contribution in [0.25, 0.3) is 0 Å². The highest BCUT2D eigenvalue weighted by Crippen LogP contribution is 2.18.